The van der Waals surface area contributed by atoms with Crippen LogP contribution in [0.3, 0.4) is 0 Å². The molecule has 2 aromatic rings. The van der Waals surface area contributed by atoms with Crippen LogP contribution in [0.5, 0.6) is 0 Å². The lowest BCUT2D eigenvalue weighted by Crippen LogP contribution is -2.06. The van der Waals surface area contributed by atoms with Gasteiger partial charge in [-0.15, -0.1) is 0 Å². The van der Waals surface area contributed by atoms with Crippen molar-refractivity contribution in [1.82, 2.24) is 14.8 Å². The summed E-state index contributed by atoms with van der Waals surface area (Å²) in [6.45, 7) is 2.46. The predicted octanol–water partition coefficient (Wildman–Crippen LogP) is 1.87. The molecule has 0 aliphatic rings. The van der Waals surface area contributed by atoms with Gasteiger partial charge in [-0.05, 0) is 19.1 Å². The number of anilines is 1. The summed E-state index contributed by atoms with van der Waals surface area (Å²) in [4.78, 5) is 4.19. The van der Waals surface area contributed by atoms with Gasteiger partial charge < -0.3 is 5.73 Å². The molecule has 15 heavy (non-hydrogen) atoms. The lowest BCUT2D eigenvalue weighted by Gasteiger charge is -2.05. The van der Waals surface area contributed by atoms with Gasteiger partial charge in [-0.25, -0.2) is 0 Å². The average Bonchev–Trinajstić information content (AvgIpc) is 2.53. The Bertz CT molecular complexity index is 478. The number of hydrogen-bond donors (Lipinski definition) is 1. The van der Waals surface area contributed by atoms with Gasteiger partial charge in [-0.3, -0.25) is 9.67 Å². The van der Waals surface area contributed by atoms with E-state index < -0.39 is 0 Å². The number of nitrogens with two attached hydrogens (primary N) is 1. The van der Waals surface area contributed by atoms with Crippen molar-refractivity contribution in [3.63, 3.8) is 0 Å². The minimum atomic E-state index is 0.544. The number of pyridine rings is 1. The van der Waals surface area contributed by atoms with E-state index in [1.54, 1.807) is 23.1 Å². The third kappa shape index (κ3) is 1.94. The number of aromatic nitrogens is 3. The summed E-state index contributed by atoms with van der Waals surface area (Å²) in [7, 11) is 0. The van der Waals surface area contributed by atoms with Crippen molar-refractivity contribution in [3.8, 4) is 0 Å². The zero-order valence-corrected chi connectivity index (χ0v) is 9.07. The molecule has 2 rings (SSSR count). The van der Waals surface area contributed by atoms with Crippen LogP contribution in [0.15, 0.2) is 24.5 Å². The minimum absolute atomic E-state index is 0.544. The maximum atomic E-state index is 6.00. The highest BCUT2D eigenvalue weighted by molar-refractivity contribution is 6.31. The van der Waals surface area contributed by atoms with Crippen molar-refractivity contribution < 1.29 is 0 Å². The summed E-state index contributed by atoms with van der Waals surface area (Å²) in [5.41, 5.74) is 8.10. The first kappa shape index (κ1) is 9.98. The molecule has 0 aromatic carbocycles. The molecule has 0 aliphatic heterocycles. The largest absolute Gasteiger partial charge is 0.396 e. The van der Waals surface area contributed by atoms with E-state index in [2.05, 4.69) is 10.1 Å². The molecule has 5 heteroatoms. The maximum Gasteiger partial charge on any atom is 0.0850 e. The van der Waals surface area contributed by atoms with Crippen molar-refractivity contribution in [2.24, 2.45) is 0 Å². The van der Waals surface area contributed by atoms with E-state index in [0.29, 0.717) is 17.3 Å². The smallest absolute Gasteiger partial charge is 0.0850 e. The zero-order valence-electron chi connectivity index (χ0n) is 8.31. The first-order chi connectivity index (χ1) is 7.18. The monoisotopic (exact) mass is 222 g/mol. The molecule has 2 aromatic heterocycles. The van der Waals surface area contributed by atoms with Crippen LogP contribution in [0.1, 0.15) is 11.4 Å². The van der Waals surface area contributed by atoms with Crippen LogP contribution in [-0.2, 0) is 6.54 Å². The highest BCUT2D eigenvalue weighted by Crippen LogP contribution is 2.15. The van der Waals surface area contributed by atoms with E-state index in [1.807, 2.05) is 13.0 Å². The molecule has 0 atom stereocenters. The molecule has 78 valence electrons. The number of nitrogens with zero attached hydrogens (tertiary/aromatic N) is 3. The third-order valence-electron chi connectivity index (χ3n) is 2.28. The van der Waals surface area contributed by atoms with Crippen LogP contribution in [0.25, 0.3) is 0 Å². The van der Waals surface area contributed by atoms with E-state index >= 15 is 0 Å². The van der Waals surface area contributed by atoms with Gasteiger partial charge in [0.15, 0.2) is 0 Å². The van der Waals surface area contributed by atoms with Crippen LogP contribution in [-0.4, -0.2) is 14.8 Å². The SMILES string of the molecule is Cc1c(N)cnn1Cc1ncccc1Cl. The van der Waals surface area contributed by atoms with E-state index in [1.165, 1.54) is 0 Å². The Labute approximate surface area is 92.7 Å². The lowest BCUT2D eigenvalue weighted by atomic mass is 10.3. The Hall–Kier alpha value is -1.55. The van der Waals surface area contributed by atoms with Crippen molar-refractivity contribution in [2.45, 2.75) is 13.5 Å². The van der Waals surface area contributed by atoms with Gasteiger partial charge in [0.1, 0.15) is 0 Å². The molecule has 4 nitrogen and oxygen atoms in total. The fourth-order valence-electron chi connectivity index (χ4n) is 1.30. The zero-order chi connectivity index (χ0) is 10.8. The van der Waals surface area contributed by atoms with Gasteiger partial charge in [0, 0.05) is 6.20 Å². The molecule has 0 bridgehead atoms. The Morgan fingerprint density at radius 1 is 1.53 bits per heavy atom. The van der Waals surface area contributed by atoms with Crippen molar-refractivity contribution in [3.05, 3.63) is 40.9 Å². The second kappa shape index (κ2) is 3.90. The molecule has 0 amide bonds. The highest BCUT2D eigenvalue weighted by atomic mass is 35.5. The third-order valence-corrected chi connectivity index (χ3v) is 2.62. The molecule has 0 unspecified atom stereocenters. The predicted molar refractivity (Wildman–Crippen MR) is 59.7 cm³/mol. The number of hydrogen-bond acceptors (Lipinski definition) is 3. The van der Waals surface area contributed by atoms with Gasteiger partial charge in [-0.1, -0.05) is 11.6 Å². The van der Waals surface area contributed by atoms with E-state index in [9.17, 15) is 0 Å². The molecule has 0 saturated heterocycles. The van der Waals surface area contributed by atoms with Crippen LogP contribution in [0, 0.1) is 6.92 Å². The average molecular weight is 223 g/mol. The standard InChI is InChI=1S/C10H11ClN4/c1-7-9(12)5-14-15(7)6-10-8(11)3-2-4-13-10/h2-5H,6,12H2,1H3. The Morgan fingerprint density at radius 2 is 2.33 bits per heavy atom. The van der Waals surface area contributed by atoms with Gasteiger partial charge >= 0.3 is 0 Å². The fraction of sp³-hybridized carbons (Fsp3) is 0.200. The first-order valence-corrected chi connectivity index (χ1v) is 4.93. The summed E-state index contributed by atoms with van der Waals surface area (Å²) in [6, 6.07) is 3.61. The summed E-state index contributed by atoms with van der Waals surface area (Å²) < 4.78 is 1.78. The van der Waals surface area contributed by atoms with Gasteiger partial charge in [0.25, 0.3) is 0 Å². The second-order valence-electron chi connectivity index (χ2n) is 3.27. The Morgan fingerprint density at radius 3 is 2.93 bits per heavy atom. The maximum absolute atomic E-state index is 6.00. The van der Waals surface area contributed by atoms with E-state index in [4.69, 9.17) is 17.3 Å². The molecule has 0 saturated carbocycles. The van der Waals surface area contributed by atoms with Crippen molar-refractivity contribution in [2.75, 3.05) is 5.73 Å². The van der Waals surface area contributed by atoms with Gasteiger partial charge in [0.2, 0.25) is 0 Å². The van der Waals surface area contributed by atoms with Crippen LogP contribution in [0.2, 0.25) is 5.02 Å². The molecule has 2 N–H and O–H groups in total. The van der Waals surface area contributed by atoms with Crippen molar-refractivity contribution in [1.29, 1.82) is 0 Å². The summed E-state index contributed by atoms with van der Waals surface area (Å²) in [6.07, 6.45) is 3.34. The number of rotatable bonds is 2. The fourth-order valence-corrected chi connectivity index (χ4v) is 1.48. The Kier molecular flexibility index (Phi) is 2.60. The summed E-state index contributed by atoms with van der Waals surface area (Å²) in [5.74, 6) is 0. The molecular formula is C10H11ClN4. The van der Waals surface area contributed by atoms with Crippen LogP contribution < -0.4 is 5.73 Å². The minimum Gasteiger partial charge on any atom is -0.396 e. The van der Waals surface area contributed by atoms with E-state index in [-0.39, 0.29) is 0 Å². The second-order valence-corrected chi connectivity index (χ2v) is 3.68. The quantitative estimate of drug-likeness (QED) is 0.844. The molecular weight excluding hydrogens is 212 g/mol. The summed E-state index contributed by atoms with van der Waals surface area (Å²) >= 11 is 6.00. The molecule has 0 fully saturated rings. The van der Waals surface area contributed by atoms with Gasteiger partial charge in [-0.2, -0.15) is 5.10 Å². The first-order valence-electron chi connectivity index (χ1n) is 4.56. The Balaban J connectivity index is 2.30. The normalized spacial score (nSPS) is 10.5. The molecule has 0 radical (unpaired) electrons. The van der Waals surface area contributed by atoms with E-state index in [0.717, 1.165) is 11.4 Å². The molecule has 0 spiro atoms. The summed E-state index contributed by atoms with van der Waals surface area (Å²) in [5, 5.41) is 4.79. The topological polar surface area (TPSA) is 56.7 Å². The van der Waals surface area contributed by atoms with Gasteiger partial charge in [0.05, 0.1) is 34.8 Å². The molecule has 0 aliphatic carbocycles. The van der Waals surface area contributed by atoms with Crippen molar-refractivity contribution >= 4 is 17.3 Å². The van der Waals surface area contributed by atoms with Crippen LogP contribution in [0.4, 0.5) is 5.69 Å². The lowest BCUT2D eigenvalue weighted by molar-refractivity contribution is 0.653. The number of nitrogen functional groups attached to an aromatic ring is 1. The number of halogens is 1. The highest BCUT2D eigenvalue weighted by Gasteiger charge is 2.06. The molecule has 2 heterocycles. The van der Waals surface area contributed by atoms with Crippen LogP contribution >= 0.6 is 11.6 Å².